The molecule has 5 nitrogen and oxygen atoms in total. The highest BCUT2D eigenvalue weighted by atomic mass is 35.5. The number of benzene rings is 2. The maximum Gasteiger partial charge on any atom is 0.252 e. The van der Waals surface area contributed by atoms with Gasteiger partial charge in [-0.15, -0.1) is 0 Å². The molecule has 0 aromatic heterocycles. The fourth-order valence-corrected chi connectivity index (χ4v) is 2.45. The molecule has 27 heavy (non-hydrogen) atoms. The molecule has 0 saturated heterocycles. The number of hydrogen-bond acceptors (Lipinski definition) is 3. The summed E-state index contributed by atoms with van der Waals surface area (Å²) in [5.74, 6) is -1.02. The molecule has 0 atom stereocenters. The lowest BCUT2D eigenvalue weighted by atomic mass is 10.2. The van der Waals surface area contributed by atoms with Crippen molar-refractivity contribution in [2.45, 2.75) is 6.42 Å². The van der Waals surface area contributed by atoms with Gasteiger partial charge in [0.25, 0.3) is 5.91 Å². The van der Waals surface area contributed by atoms with Crippen molar-refractivity contribution in [1.29, 1.82) is 0 Å². The summed E-state index contributed by atoms with van der Waals surface area (Å²) in [5, 5.41) is 2.58. The second kappa shape index (κ2) is 9.87. The first kappa shape index (κ1) is 20.6. The second-order valence-electron chi connectivity index (χ2n) is 5.75. The van der Waals surface area contributed by atoms with Gasteiger partial charge in [0.2, 0.25) is 5.91 Å². The van der Waals surface area contributed by atoms with Gasteiger partial charge in [0.1, 0.15) is 24.0 Å². The Morgan fingerprint density at radius 2 is 1.78 bits per heavy atom. The number of nitrogens with zero attached hydrogens (tertiary/aromatic N) is 1. The largest absolute Gasteiger partial charge is 0.492 e. The Hall–Kier alpha value is -2.67. The molecule has 0 saturated carbocycles. The standard InChI is InChI=1S/C19H19ClF2N2O3/c1-24(10-11-27-15-5-2-13(21)3-6-15)18(25)8-9-23-19(26)16-7-4-14(22)12-17(16)20/h2-7,12H,8-11H2,1H3,(H,23,26). The highest BCUT2D eigenvalue weighted by Crippen LogP contribution is 2.17. The first-order valence-electron chi connectivity index (χ1n) is 8.22. The summed E-state index contributed by atoms with van der Waals surface area (Å²) in [5.41, 5.74) is 0.145. The van der Waals surface area contributed by atoms with Gasteiger partial charge in [-0.05, 0) is 42.5 Å². The van der Waals surface area contributed by atoms with Crippen molar-refractivity contribution in [2.75, 3.05) is 26.7 Å². The smallest absolute Gasteiger partial charge is 0.252 e. The predicted octanol–water partition coefficient (Wildman–Crippen LogP) is 3.28. The Kier molecular flexibility index (Phi) is 7.55. The molecule has 0 aliphatic heterocycles. The van der Waals surface area contributed by atoms with Crippen LogP contribution in [-0.4, -0.2) is 43.5 Å². The number of nitrogens with one attached hydrogen (secondary N) is 1. The molecule has 1 N–H and O–H groups in total. The fraction of sp³-hybridized carbons (Fsp3) is 0.263. The normalized spacial score (nSPS) is 10.4. The topological polar surface area (TPSA) is 58.6 Å². The monoisotopic (exact) mass is 396 g/mol. The summed E-state index contributed by atoms with van der Waals surface area (Å²) >= 11 is 5.82. The van der Waals surface area contributed by atoms with Crippen molar-refractivity contribution < 1.29 is 23.1 Å². The van der Waals surface area contributed by atoms with Crippen LogP contribution < -0.4 is 10.1 Å². The van der Waals surface area contributed by atoms with Crippen LogP contribution in [0, 0.1) is 11.6 Å². The Bertz CT molecular complexity index is 800. The number of rotatable bonds is 8. The molecule has 2 aromatic carbocycles. The van der Waals surface area contributed by atoms with Gasteiger partial charge in [-0.25, -0.2) is 8.78 Å². The summed E-state index contributed by atoms with van der Waals surface area (Å²) in [6.45, 7) is 0.716. The summed E-state index contributed by atoms with van der Waals surface area (Å²) in [7, 11) is 1.62. The zero-order chi connectivity index (χ0) is 19.8. The lowest BCUT2D eigenvalue weighted by molar-refractivity contribution is -0.130. The molecule has 0 aliphatic rings. The molecular weight excluding hydrogens is 378 g/mol. The lowest BCUT2D eigenvalue weighted by Gasteiger charge is -2.17. The van der Waals surface area contributed by atoms with Gasteiger partial charge in [0.05, 0.1) is 17.1 Å². The maximum absolute atomic E-state index is 13.0. The summed E-state index contributed by atoms with van der Waals surface area (Å²) in [4.78, 5) is 25.5. The average molecular weight is 397 g/mol. The highest BCUT2D eigenvalue weighted by Gasteiger charge is 2.13. The van der Waals surface area contributed by atoms with Crippen molar-refractivity contribution in [3.63, 3.8) is 0 Å². The van der Waals surface area contributed by atoms with E-state index in [1.165, 1.54) is 35.2 Å². The van der Waals surface area contributed by atoms with E-state index in [9.17, 15) is 18.4 Å². The summed E-state index contributed by atoms with van der Waals surface area (Å²) in [6.07, 6.45) is 0.0948. The maximum atomic E-state index is 13.0. The SMILES string of the molecule is CN(CCOc1ccc(F)cc1)C(=O)CCNC(=O)c1ccc(F)cc1Cl. The first-order chi connectivity index (χ1) is 12.9. The number of halogens is 3. The van der Waals surface area contributed by atoms with Crippen LogP contribution in [0.2, 0.25) is 5.02 Å². The molecular formula is C19H19ClF2N2O3. The van der Waals surface area contributed by atoms with Gasteiger partial charge in [0.15, 0.2) is 0 Å². The van der Waals surface area contributed by atoms with Gasteiger partial charge in [-0.1, -0.05) is 11.6 Å². The minimum atomic E-state index is -0.531. The van der Waals surface area contributed by atoms with Crippen molar-refractivity contribution in [3.8, 4) is 5.75 Å². The number of carbonyl (C=O) groups excluding carboxylic acids is 2. The molecule has 144 valence electrons. The third kappa shape index (κ3) is 6.53. The molecule has 2 amide bonds. The Balaban J connectivity index is 1.69. The number of likely N-dealkylation sites (N-methyl/N-ethyl adjacent to an activating group) is 1. The van der Waals surface area contributed by atoms with Crippen molar-refractivity contribution in [2.24, 2.45) is 0 Å². The van der Waals surface area contributed by atoms with Crippen LogP contribution in [0.25, 0.3) is 0 Å². The van der Waals surface area contributed by atoms with Crippen LogP contribution in [0.5, 0.6) is 5.75 Å². The molecule has 2 rings (SSSR count). The number of amides is 2. The molecule has 8 heteroatoms. The van der Waals surface area contributed by atoms with Gasteiger partial charge in [-0.2, -0.15) is 0 Å². The third-order valence-electron chi connectivity index (χ3n) is 3.73. The van der Waals surface area contributed by atoms with Crippen molar-refractivity contribution in [1.82, 2.24) is 10.2 Å². The molecule has 0 radical (unpaired) electrons. The van der Waals surface area contributed by atoms with Gasteiger partial charge >= 0.3 is 0 Å². The van der Waals surface area contributed by atoms with Crippen LogP contribution in [0.15, 0.2) is 42.5 Å². The Morgan fingerprint density at radius 1 is 1.11 bits per heavy atom. The predicted molar refractivity (Wildman–Crippen MR) is 97.9 cm³/mol. The summed E-state index contributed by atoms with van der Waals surface area (Å²) in [6, 6.07) is 9.08. The van der Waals surface area contributed by atoms with Crippen LogP contribution in [0.1, 0.15) is 16.8 Å². The molecule has 0 fully saturated rings. The van der Waals surface area contributed by atoms with Gasteiger partial charge in [-0.3, -0.25) is 9.59 Å². The van der Waals surface area contributed by atoms with E-state index >= 15 is 0 Å². The number of ether oxygens (including phenoxy) is 1. The zero-order valence-electron chi connectivity index (χ0n) is 14.7. The molecule has 0 spiro atoms. The average Bonchev–Trinajstić information content (AvgIpc) is 2.63. The van der Waals surface area contributed by atoms with E-state index in [1.807, 2.05) is 0 Å². The van der Waals surface area contributed by atoms with Gasteiger partial charge < -0.3 is 15.0 Å². The van der Waals surface area contributed by atoms with Crippen molar-refractivity contribution in [3.05, 3.63) is 64.7 Å². The Labute approximate surface area is 160 Å². The fourth-order valence-electron chi connectivity index (χ4n) is 2.20. The van der Waals surface area contributed by atoms with E-state index in [1.54, 1.807) is 7.05 Å². The lowest BCUT2D eigenvalue weighted by Crippen LogP contribution is -2.34. The van der Waals surface area contributed by atoms with E-state index in [-0.39, 0.29) is 41.9 Å². The minimum Gasteiger partial charge on any atom is -0.492 e. The molecule has 0 unspecified atom stereocenters. The molecule has 0 bridgehead atoms. The quantitative estimate of drug-likeness (QED) is 0.745. The first-order valence-corrected chi connectivity index (χ1v) is 8.60. The van der Waals surface area contributed by atoms with E-state index in [4.69, 9.17) is 16.3 Å². The molecule has 2 aromatic rings. The zero-order valence-corrected chi connectivity index (χ0v) is 15.4. The van der Waals surface area contributed by atoms with Gasteiger partial charge in [0, 0.05) is 20.0 Å². The van der Waals surface area contributed by atoms with E-state index in [0.29, 0.717) is 12.3 Å². The minimum absolute atomic E-state index is 0.00823. The van der Waals surface area contributed by atoms with Crippen LogP contribution >= 0.6 is 11.6 Å². The Morgan fingerprint density at radius 3 is 2.44 bits per heavy atom. The molecule has 0 heterocycles. The van der Waals surface area contributed by atoms with Crippen LogP contribution in [0.3, 0.4) is 0 Å². The number of hydrogen-bond donors (Lipinski definition) is 1. The van der Waals surface area contributed by atoms with E-state index in [2.05, 4.69) is 5.32 Å². The molecule has 0 aliphatic carbocycles. The van der Waals surface area contributed by atoms with E-state index in [0.717, 1.165) is 12.1 Å². The third-order valence-corrected chi connectivity index (χ3v) is 4.05. The highest BCUT2D eigenvalue weighted by molar-refractivity contribution is 6.33. The number of carbonyl (C=O) groups is 2. The van der Waals surface area contributed by atoms with Crippen LogP contribution in [0.4, 0.5) is 8.78 Å². The second-order valence-corrected chi connectivity index (χ2v) is 6.15. The summed E-state index contributed by atoms with van der Waals surface area (Å²) < 4.78 is 31.2. The van der Waals surface area contributed by atoms with E-state index < -0.39 is 11.7 Å². The van der Waals surface area contributed by atoms with Crippen LogP contribution in [-0.2, 0) is 4.79 Å². The van der Waals surface area contributed by atoms with Crippen molar-refractivity contribution >= 4 is 23.4 Å².